The van der Waals surface area contributed by atoms with Gasteiger partial charge in [-0.2, -0.15) is 5.10 Å². The molecule has 0 saturated carbocycles. The zero-order valence-electron chi connectivity index (χ0n) is 11.1. The number of aromatic nitrogens is 4. The lowest BCUT2D eigenvalue weighted by Gasteiger charge is -2.04. The topological polar surface area (TPSA) is 69.6 Å². The third-order valence-corrected chi connectivity index (χ3v) is 3.02. The second kappa shape index (κ2) is 4.93. The average Bonchev–Trinajstić information content (AvgIpc) is 2.75. The number of benzene rings is 1. The fourth-order valence-corrected chi connectivity index (χ4v) is 2.10. The monoisotopic (exact) mass is 287 g/mol. The van der Waals surface area contributed by atoms with E-state index in [9.17, 15) is 8.78 Å². The van der Waals surface area contributed by atoms with Gasteiger partial charge in [-0.15, -0.1) is 0 Å². The summed E-state index contributed by atoms with van der Waals surface area (Å²) in [5.41, 5.74) is 7.05. The standard InChI is InChI=1S/C14H11F2N5/c1-21-13(17)11(8-5-9(15)7-10(16)6-8)12(20-21)14-18-3-2-4-19-14/h2-7H,17H2,1H3. The maximum atomic E-state index is 13.4. The number of nitrogen functional groups attached to an aromatic ring is 1. The third kappa shape index (κ3) is 2.33. The molecule has 3 aromatic rings. The Kier molecular flexibility index (Phi) is 3.09. The van der Waals surface area contributed by atoms with Gasteiger partial charge in [-0.25, -0.2) is 18.7 Å². The molecule has 0 saturated heterocycles. The summed E-state index contributed by atoms with van der Waals surface area (Å²) in [6.07, 6.45) is 3.12. The average molecular weight is 287 g/mol. The predicted molar refractivity (Wildman–Crippen MR) is 74.0 cm³/mol. The summed E-state index contributed by atoms with van der Waals surface area (Å²) in [4.78, 5) is 8.21. The summed E-state index contributed by atoms with van der Waals surface area (Å²) >= 11 is 0. The SMILES string of the molecule is Cn1nc(-c2ncccn2)c(-c2cc(F)cc(F)c2)c1N. The van der Waals surface area contributed by atoms with Crippen molar-refractivity contribution in [3.8, 4) is 22.6 Å². The summed E-state index contributed by atoms with van der Waals surface area (Å²) in [6.45, 7) is 0. The van der Waals surface area contributed by atoms with Gasteiger partial charge in [0.1, 0.15) is 23.1 Å². The van der Waals surface area contributed by atoms with E-state index in [1.165, 1.54) is 16.8 Å². The van der Waals surface area contributed by atoms with Gasteiger partial charge in [0.05, 0.1) is 5.56 Å². The summed E-state index contributed by atoms with van der Waals surface area (Å²) in [6, 6.07) is 4.86. The lowest BCUT2D eigenvalue weighted by Crippen LogP contribution is -1.98. The van der Waals surface area contributed by atoms with Crippen molar-refractivity contribution in [2.45, 2.75) is 0 Å². The molecule has 0 amide bonds. The maximum Gasteiger partial charge on any atom is 0.180 e. The maximum absolute atomic E-state index is 13.4. The van der Waals surface area contributed by atoms with E-state index < -0.39 is 11.6 Å². The molecule has 0 fully saturated rings. The fraction of sp³-hybridized carbons (Fsp3) is 0.0714. The van der Waals surface area contributed by atoms with Gasteiger partial charge < -0.3 is 5.73 Å². The van der Waals surface area contributed by atoms with Crippen molar-refractivity contribution in [3.63, 3.8) is 0 Å². The molecule has 3 rings (SSSR count). The molecule has 0 aliphatic heterocycles. The Morgan fingerprint density at radius 3 is 2.29 bits per heavy atom. The van der Waals surface area contributed by atoms with Crippen molar-refractivity contribution in [1.82, 2.24) is 19.7 Å². The minimum atomic E-state index is -0.687. The molecule has 0 radical (unpaired) electrons. The summed E-state index contributed by atoms with van der Waals surface area (Å²) in [5, 5.41) is 4.24. The van der Waals surface area contributed by atoms with Gasteiger partial charge >= 0.3 is 0 Å². The number of nitrogens with two attached hydrogens (primary N) is 1. The number of anilines is 1. The van der Waals surface area contributed by atoms with Crippen LogP contribution in [0, 0.1) is 11.6 Å². The molecule has 2 heterocycles. The molecule has 0 unspecified atom stereocenters. The number of hydrogen-bond acceptors (Lipinski definition) is 4. The molecule has 106 valence electrons. The van der Waals surface area contributed by atoms with Crippen molar-refractivity contribution in [2.24, 2.45) is 7.05 Å². The van der Waals surface area contributed by atoms with E-state index in [4.69, 9.17) is 5.73 Å². The molecule has 0 atom stereocenters. The molecule has 0 aliphatic carbocycles. The lowest BCUT2D eigenvalue weighted by atomic mass is 10.0. The van der Waals surface area contributed by atoms with E-state index in [1.807, 2.05) is 0 Å². The van der Waals surface area contributed by atoms with Crippen LogP contribution >= 0.6 is 0 Å². The Morgan fingerprint density at radius 1 is 1.05 bits per heavy atom. The Labute approximate surface area is 119 Å². The lowest BCUT2D eigenvalue weighted by molar-refractivity contribution is 0.584. The zero-order valence-corrected chi connectivity index (χ0v) is 11.1. The van der Waals surface area contributed by atoms with E-state index in [1.54, 1.807) is 25.5 Å². The number of halogens is 2. The molecule has 2 aromatic heterocycles. The van der Waals surface area contributed by atoms with Crippen LogP contribution in [0.1, 0.15) is 0 Å². The fourth-order valence-electron chi connectivity index (χ4n) is 2.10. The first-order chi connectivity index (χ1) is 10.1. The zero-order chi connectivity index (χ0) is 15.0. The molecule has 7 heteroatoms. The van der Waals surface area contributed by atoms with E-state index in [0.717, 1.165) is 6.07 Å². The Morgan fingerprint density at radius 2 is 1.67 bits per heavy atom. The molecule has 0 bridgehead atoms. The Hall–Kier alpha value is -2.83. The van der Waals surface area contributed by atoms with Gasteiger partial charge in [0.15, 0.2) is 5.82 Å². The van der Waals surface area contributed by atoms with Gasteiger partial charge in [-0.3, -0.25) is 4.68 Å². The minimum Gasteiger partial charge on any atom is -0.383 e. The summed E-state index contributed by atoms with van der Waals surface area (Å²) in [5.74, 6) is -0.756. The second-order valence-electron chi connectivity index (χ2n) is 4.46. The molecule has 5 nitrogen and oxygen atoms in total. The first-order valence-corrected chi connectivity index (χ1v) is 6.12. The third-order valence-electron chi connectivity index (χ3n) is 3.02. The summed E-state index contributed by atoms with van der Waals surface area (Å²) < 4.78 is 28.3. The number of hydrogen-bond donors (Lipinski definition) is 1. The van der Waals surface area contributed by atoms with Gasteiger partial charge in [-0.05, 0) is 23.8 Å². The van der Waals surface area contributed by atoms with Crippen LogP contribution in [-0.2, 0) is 7.05 Å². The number of nitrogens with zero attached hydrogens (tertiary/aromatic N) is 4. The number of rotatable bonds is 2. The summed E-state index contributed by atoms with van der Waals surface area (Å²) in [7, 11) is 1.64. The van der Waals surface area contributed by atoms with Gasteiger partial charge in [-0.1, -0.05) is 0 Å². The van der Waals surface area contributed by atoms with Crippen LogP contribution < -0.4 is 5.73 Å². The molecule has 0 aliphatic rings. The molecule has 1 aromatic carbocycles. The first-order valence-electron chi connectivity index (χ1n) is 6.12. The highest BCUT2D eigenvalue weighted by molar-refractivity contribution is 5.86. The smallest absolute Gasteiger partial charge is 0.180 e. The predicted octanol–water partition coefficient (Wildman–Crippen LogP) is 2.40. The van der Waals surface area contributed by atoms with Crippen LogP contribution in [0.25, 0.3) is 22.6 Å². The normalized spacial score (nSPS) is 10.8. The van der Waals surface area contributed by atoms with Crippen molar-refractivity contribution >= 4 is 5.82 Å². The molecular formula is C14H11F2N5. The van der Waals surface area contributed by atoms with E-state index in [2.05, 4.69) is 15.1 Å². The van der Waals surface area contributed by atoms with Crippen molar-refractivity contribution in [1.29, 1.82) is 0 Å². The Bertz CT molecular complexity index is 778. The van der Waals surface area contributed by atoms with Gasteiger partial charge in [0.2, 0.25) is 0 Å². The Balaban J connectivity index is 2.27. The molecule has 21 heavy (non-hydrogen) atoms. The molecular weight excluding hydrogens is 276 g/mol. The van der Waals surface area contributed by atoms with Crippen LogP contribution in [0.4, 0.5) is 14.6 Å². The molecule has 0 spiro atoms. The van der Waals surface area contributed by atoms with Crippen LogP contribution in [0.3, 0.4) is 0 Å². The van der Waals surface area contributed by atoms with Crippen LogP contribution in [-0.4, -0.2) is 19.7 Å². The first kappa shape index (κ1) is 13.2. The van der Waals surface area contributed by atoms with Crippen molar-refractivity contribution < 1.29 is 8.78 Å². The highest BCUT2D eigenvalue weighted by atomic mass is 19.1. The van der Waals surface area contributed by atoms with Crippen molar-refractivity contribution in [3.05, 3.63) is 48.3 Å². The van der Waals surface area contributed by atoms with Gasteiger partial charge in [0.25, 0.3) is 0 Å². The number of aryl methyl sites for hydroxylation is 1. The van der Waals surface area contributed by atoms with E-state index >= 15 is 0 Å². The second-order valence-corrected chi connectivity index (χ2v) is 4.46. The van der Waals surface area contributed by atoms with Gasteiger partial charge in [0, 0.05) is 25.5 Å². The van der Waals surface area contributed by atoms with Crippen molar-refractivity contribution in [2.75, 3.05) is 5.73 Å². The quantitative estimate of drug-likeness (QED) is 0.785. The van der Waals surface area contributed by atoms with E-state index in [0.29, 0.717) is 22.6 Å². The highest BCUT2D eigenvalue weighted by Crippen LogP contribution is 2.34. The highest BCUT2D eigenvalue weighted by Gasteiger charge is 2.20. The largest absolute Gasteiger partial charge is 0.383 e. The molecule has 2 N–H and O–H groups in total. The van der Waals surface area contributed by atoms with E-state index in [-0.39, 0.29) is 5.82 Å². The van der Waals surface area contributed by atoms with Crippen LogP contribution in [0.5, 0.6) is 0 Å². The van der Waals surface area contributed by atoms with Crippen LogP contribution in [0.15, 0.2) is 36.7 Å². The van der Waals surface area contributed by atoms with Crippen LogP contribution in [0.2, 0.25) is 0 Å². The minimum absolute atomic E-state index is 0.280.